The van der Waals surface area contributed by atoms with Crippen molar-refractivity contribution in [2.75, 3.05) is 27.9 Å². The predicted octanol–water partition coefficient (Wildman–Crippen LogP) is 2.77. The van der Waals surface area contributed by atoms with Crippen LogP contribution in [0.3, 0.4) is 0 Å². The Bertz CT molecular complexity index is 1520. The van der Waals surface area contributed by atoms with Gasteiger partial charge < -0.3 is 24.1 Å². The highest BCUT2D eigenvalue weighted by Gasteiger charge is 2.48. The molecule has 0 unspecified atom stereocenters. The minimum atomic E-state index is -1.26. The van der Waals surface area contributed by atoms with Crippen LogP contribution in [-0.4, -0.2) is 60.9 Å². The van der Waals surface area contributed by atoms with Crippen LogP contribution >= 0.6 is 0 Å². The Hall–Kier alpha value is -4.26. The zero-order valence-corrected chi connectivity index (χ0v) is 23.3. The van der Waals surface area contributed by atoms with E-state index >= 15 is 0 Å². The molecule has 1 aliphatic heterocycles. The standard InChI is InChI=1S/C31H32N2O9/c1-37-23-13-9-21(10-14-23)31(20-7-5-4-6-8-20,22-11-15-24(38-2)16-12-22)40-19-25-27(35)28(42-39-3)29(41-25)33-18-17-26(34)32-30(33)36/h4-18,25,27-29,35H,19H2,1-3H3,(H,32,34,36)/t25-,27+,28-,29-/m1/s1. The van der Waals surface area contributed by atoms with Crippen LogP contribution in [0.15, 0.2) is 101 Å². The molecule has 3 aromatic carbocycles. The number of ether oxygens (including phenoxy) is 4. The Labute approximate surface area is 241 Å². The zero-order valence-electron chi connectivity index (χ0n) is 23.3. The Morgan fingerprint density at radius 2 is 1.40 bits per heavy atom. The van der Waals surface area contributed by atoms with Crippen molar-refractivity contribution in [2.24, 2.45) is 0 Å². The highest BCUT2D eigenvalue weighted by molar-refractivity contribution is 5.49. The van der Waals surface area contributed by atoms with Crippen molar-refractivity contribution in [3.05, 3.63) is 129 Å². The maximum atomic E-state index is 12.6. The highest BCUT2D eigenvalue weighted by atomic mass is 17.2. The van der Waals surface area contributed by atoms with E-state index in [4.69, 9.17) is 28.7 Å². The monoisotopic (exact) mass is 576 g/mol. The molecule has 11 nitrogen and oxygen atoms in total. The van der Waals surface area contributed by atoms with E-state index in [1.54, 1.807) is 14.2 Å². The summed E-state index contributed by atoms with van der Waals surface area (Å²) in [5.74, 6) is 1.36. The van der Waals surface area contributed by atoms with Crippen LogP contribution in [0, 0.1) is 0 Å². The number of methoxy groups -OCH3 is 2. The van der Waals surface area contributed by atoms with Crippen LogP contribution < -0.4 is 20.7 Å². The summed E-state index contributed by atoms with van der Waals surface area (Å²) in [5, 5.41) is 11.3. The molecule has 0 radical (unpaired) electrons. The SMILES string of the molecule is COO[C@@H]1[C@@H](O)[C@@H](COC(c2ccccc2)(c2ccc(OC)cc2)c2ccc(OC)cc2)O[C@H]1n1ccc(=O)[nH]c1=O. The average Bonchev–Trinajstić information content (AvgIpc) is 3.33. The number of rotatable bonds is 11. The molecule has 4 aromatic rings. The summed E-state index contributed by atoms with van der Waals surface area (Å²) >= 11 is 0. The molecule has 2 N–H and O–H groups in total. The van der Waals surface area contributed by atoms with Gasteiger partial charge >= 0.3 is 5.69 Å². The van der Waals surface area contributed by atoms with Crippen molar-refractivity contribution < 1.29 is 33.8 Å². The Kier molecular flexibility index (Phi) is 8.86. The second-order valence-electron chi connectivity index (χ2n) is 9.62. The second-order valence-corrected chi connectivity index (χ2v) is 9.62. The highest BCUT2D eigenvalue weighted by Crippen LogP contribution is 2.43. The Morgan fingerprint density at radius 1 is 0.833 bits per heavy atom. The fraction of sp³-hybridized carbons (Fsp3) is 0.290. The topological polar surface area (TPSA) is 130 Å². The fourth-order valence-electron chi connectivity index (χ4n) is 5.20. The summed E-state index contributed by atoms with van der Waals surface area (Å²) in [6, 6.07) is 25.9. The van der Waals surface area contributed by atoms with Crippen LogP contribution in [-0.2, 0) is 24.8 Å². The molecule has 0 aliphatic carbocycles. The van der Waals surface area contributed by atoms with Gasteiger partial charge in [-0.25, -0.2) is 14.6 Å². The lowest BCUT2D eigenvalue weighted by Crippen LogP contribution is -2.41. The first-order valence-corrected chi connectivity index (χ1v) is 13.2. The van der Waals surface area contributed by atoms with Gasteiger partial charge in [0.1, 0.15) is 29.3 Å². The Morgan fingerprint density at radius 3 is 1.93 bits per heavy atom. The van der Waals surface area contributed by atoms with E-state index < -0.39 is 41.4 Å². The summed E-state index contributed by atoms with van der Waals surface area (Å²) in [7, 11) is 4.48. The summed E-state index contributed by atoms with van der Waals surface area (Å²) < 4.78 is 24.9. The number of aliphatic hydroxyl groups excluding tert-OH is 1. The first-order valence-electron chi connectivity index (χ1n) is 13.2. The van der Waals surface area contributed by atoms with Crippen molar-refractivity contribution in [1.82, 2.24) is 9.55 Å². The lowest BCUT2D eigenvalue weighted by atomic mass is 9.80. The largest absolute Gasteiger partial charge is 0.497 e. The number of aromatic nitrogens is 2. The van der Waals surface area contributed by atoms with Gasteiger partial charge in [-0.2, -0.15) is 0 Å². The van der Waals surface area contributed by atoms with Crippen molar-refractivity contribution in [3.63, 3.8) is 0 Å². The number of aromatic amines is 1. The van der Waals surface area contributed by atoms with E-state index in [0.29, 0.717) is 11.5 Å². The molecule has 1 aromatic heterocycles. The van der Waals surface area contributed by atoms with Gasteiger partial charge in [0.05, 0.1) is 27.9 Å². The van der Waals surface area contributed by atoms with Crippen molar-refractivity contribution in [2.45, 2.75) is 30.1 Å². The number of aliphatic hydroxyl groups is 1. The van der Waals surface area contributed by atoms with Crippen LogP contribution in [0.2, 0.25) is 0 Å². The minimum absolute atomic E-state index is 0.119. The third-order valence-corrected chi connectivity index (χ3v) is 7.28. The number of H-pyrrole nitrogens is 1. The van der Waals surface area contributed by atoms with Gasteiger partial charge in [0.15, 0.2) is 12.3 Å². The number of nitrogens with zero attached hydrogens (tertiary/aromatic N) is 1. The van der Waals surface area contributed by atoms with Gasteiger partial charge in [-0.1, -0.05) is 54.6 Å². The molecule has 0 saturated carbocycles. The quantitative estimate of drug-likeness (QED) is 0.157. The molecule has 42 heavy (non-hydrogen) atoms. The summed E-state index contributed by atoms with van der Waals surface area (Å²) in [6.07, 6.45) is -3.13. The molecule has 5 rings (SSSR count). The van der Waals surface area contributed by atoms with E-state index in [1.165, 1.54) is 19.4 Å². The van der Waals surface area contributed by atoms with Gasteiger partial charge in [-0.05, 0) is 41.0 Å². The molecular weight excluding hydrogens is 544 g/mol. The van der Waals surface area contributed by atoms with Gasteiger partial charge in [-0.15, -0.1) is 0 Å². The number of benzene rings is 3. The van der Waals surface area contributed by atoms with E-state index in [1.807, 2.05) is 78.9 Å². The summed E-state index contributed by atoms with van der Waals surface area (Å²) in [4.78, 5) is 36.6. The van der Waals surface area contributed by atoms with Crippen LogP contribution in [0.4, 0.5) is 0 Å². The van der Waals surface area contributed by atoms with Gasteiger partial charge in [0, 0.05) is 12.3 Å². The molecule has 0 amide bonds. The first kappa shape index (κ1) is 29.2. The van der Waals surface area contributed by atoms with Crippen molar-refractivity contribution >= 4 is 0 Å². The molecular formula is C31H32N2O9. The van der Waals surface area contributed by atoms with Gasteiger partial charge in [-0.3, -0.25) is 14.3 Å². The van der Waals surface area contributed by atoms with E-state index in [2.05, 4.69) is 4.98 Å². The summed E-state index contributed by atoms with van der Waals surface area (Å²) in [6.45, 7) is -0.119. The first-order chi connectivity index (χ1) is 20.4. The van der Waals surface area contributed by atoms with E-state index in [0.717, 1.165) is 21.3 Å². The smallest absolute Gasteiger partial charge is 0.330 e. The van der Waals surface area contributed by atoms with Crippen LogP contribution in [0.5, 0.6) is 11.5 Å². The number of nitrogens with one attached hydrogen (secondary N) is 1. The van der Waals surface area contributed by atoms with E-state index in [9.17, 15) is 14.7 Å². The minimum Gasteiger partial charge on any atom is -0.497 e. The maximum Gasteiger partial charge on any atom is 0.330 e. The maximum absolute atomic E-state index is 12.6. The molecule has 4 atom stereocenters. The molecule has 220 valence electrons. The molecule has 1 fully saturated rings. The second kappa shape index (κ2) is 12.7. The third kappa shape index (κ3) is 5.60. The van der Waals surface area contributed by atoms with Crippen molar-refractivity contribution in [3.8, 4) is 11.5 Å². The van der Waals surface area contributed by atoms with Gasteiger partial charge in [0.2, 0.25) is 0 Å². The van der Waals surface area contributed by atoms with Crippen LogP contribution in [0.1, 0.15) is 22.9 Å². The zero-order chi connectivity index (χ0) is 29.7. The lowest BCUT2D eigenvalue weighted by molar-refractivity contribution is -0.327. The molecule has 11 heteroatoms. The summed E-state index contributed by atoms with van der Waals surface area (Å²) in [5.41, 5.74) is -0.0269. The Balaban J connectivity index is 1.57. The average molecular weight is 577 g/mol. The normalized spacial score (nSPS) is 20.4. The molecule has 2 heterocycles. The molecule has 1 saturated heterocycles. The van der Waals surface area contributed by atoms with Crippen LogP contribution in [0.25, 0.3) is 0 Å². The third-order valence-electron chi connectivity index (χ3n) is 7.28. The number of hydrogen-bond acceptors (Lipinski definition) is 9. The molecule has 1 aliphatic rings. The van der Waals surface area contributed by atoms with E-state index in [-0.39, 0.29) is 6.61 Å². The molecule has 0 bridgehead atoms. The fourth-order valence-corrected chi connectivity index (χ4v) is 5.20. The number of hydrogen-bond donors (Lipinski definition) is 2. The molecule has 0 spiro atoms. The van der Waals surface area contributed by atoms with Crippen molar-refractivity contribution in [1.29, 1.82) is 0 Å². The van der Waals surface area contributed by atoms with Gasteiger partial charge in [0.25, 0.3) is 5.56 Å². The predicted molar refractivity (Wildman–Crippen MR) is 151 cm³/mol. The lowest BCUT2D eigenvalue weighted by Gasteiger charge is -2.37.